The van der Waals surface area contributed by atoms with Gasteiger partial charge in [0.1, 0.15) is 11.0 Å². The lowest BCUT2D eigenvalue weighted by Crippen LogP contribution is -2.15. The fraction of sp³-hybridized carbons (Fsp3) is 0.364. The van der Waals surface area contributed by atoms with Crippen LogP contribution in [0.5, 0.6) is 0 Å². The third kappa shape index (κ3) is 5.31. The van der Waals surface area contributed by atoms with Crippen molar-refractivity contribution >= 4 is 29.3 Å². The van der Waals surface area contributed by atoms with E-state index in [4.69, 9.17) is 16.3 Å². The molecule has 1 rings (SSSR count). The Morgan fingerprint density at radius 2 is 2.18 bits per heavy atom. The summed E-state index contributed by atoms with van der Waals surface area (Å²) >= 11 is 5.66. The molecule has 0 atom stereocenters. The Balaban J connectivity index is 2.37. The van der Waals surface area contributed by atoms with E-state index in [2.05, 4.69) is 10.3 Å². The molecule has 1 aromatic rings. The largest absolute Gasteiger partial charge is 0.466 e. The summed E-state index contributed by atoms with van der Waals surface area (Å²) in [6.07, 6.45) is 0.118. The second kappa shape index (κ2) is 6.85. The molecule has 17 heavy (non-hydrogen) atoms. The first-order chi connectivity index (χ1) is 8.11. The number of carbonyl (C=O) groups excluding carboxylic acids is 2. The number of esters is 1. The minimum atomic E-state index is -0.387. The van der Waals surface area contributed by atoms with Crippen LogP contribution in [0.15, 0.2) is 18.2 Å². The van der Waals surface area contributed by atoms with Crippen LogP contribution < -0.4 is 5.32 Å². The number of rotatable bonds is 5. The average Bonchev–Trinajstić information content (AvgIpc) is 2.27. The Kier molecular flexibility index (Phi) is 5.42. The van der Waals surface area contributed by atoms with Crippen molar-refractivity contribution in [1.29, 1.82) is 0 Å². The Hall–Kier alpha value is -1.62. The van der Waals surface area contributed by atoms with Crippen LogP contribution in [-0.4, -0.2) is 23.5 Å². The molecule has 1 amide bonds. The number of pyridine rings is 1. The molecule has 0 aliphatic rings. The first kappa shape index (κ1) is 13.4. The Bertz CT molecular complexity index is 409. The summed E-state index contributed by atoms with van der Waals surface area (Å²) in [6.45, 7) is 2.03. The van der Waals surface area contributed by atoms with E-state index in [1.54, 1.807) is 25.1 Å². The lowest BCUT2D eigenvalue weighted by atomic mass is 10.3. The van der Waals surface area contributed by atoms with E-state index < -0.39 is 0 Å². The summed E-state index contributed by atoms with van der Waals surface area (Å²) in [7, 11) is 0. The van der Waals surface area contributed by atoms with Gasteiger partial charge in [-0.05, 0) is 19.1 Å². The van der Waals surface area contributed by atoms with Gasteiger partial charge in [0.15, 0.2) is 0 Å². The molecular formula is C11H13ClN2O3. The van der Waals surface area contributed by atoms with Crippen molar-refractivity contribution in [1.82, 2.24) is 4.98 Å². The minimum Gasteiger partial charge on any atom is -0.466 e. The molecular weight excluding hydrogens is 244 g/mol. The second-order valence-corrected chi connectivity index (χ2v) is 3.59. The van der Waals surface area contributed by atoms with E-state index in [1.165, 1.54) is 0 Å². The molecule has 0 aliphatic carbocycles. The zero-order valence-corrected chi connectivity index (χ0v) is 10.2. The number of nitrogens with one attached hydrogen (secondary N) is 1. The van der Waals surface area contributed by atoms with Gasteiger partial charge in [-0.1, -0.05) is 17.7 Å². The quantitative estimate of drug-likeness (QED) is 0.646. The maximum atomic E-state index is 11.4. The van der Waals surface area contributed by atoms with Crippen LogP contribution in [-0.2, 0) is 14.3 Å². The molecule has 0 aliphatic heterocycles. The van der Waals surface area contributed by atoms with Crippen molar-refractivity contribution in [2.45, 2.75) is 19.8 Å². The predicted molar refractivity (Wildman–Crippen MR) is 63.7 cm³/mol. The Labute approximate surface area is 104 Å². The zero-order chi connectivity index (χ0) is 12.7. The van der Waals surface area contributed by atoms with Crippen LogP contribution in [0.25, 0.3) is 0 Å². The van der Waals surface area contributed by atoms with Crippen molar-refractivity contribution < 1.29 is 14.3 Å². The molecule has 0 radical (unpaired) electrons. The van der Waals surface area contributed by atoms with Crippen molar-refractivity contribution in [2.24, 2.45) is 0 Å². The molecule has 0 fully saturated rings. The summed E-state index contributed by atoms with van der Waals surface area (Å²) < 4.78 is 4.71. The molecule has 1 heterocycles. The molecule has 0 bridgehead atoms. The fourth-order valence-corrected chi connectivity index (χ4v) is 1.30. The van der Waals surface area contributed by atoms with Gasteiger partial charge in [0, 0.05) is 6.42 Å². The molecule has 0 aromatic carbocycles. The van der Waals surface area contributed by atoms with Gasteiger partial charge in [-0.15, -0.1) is 0 Å². The number of nitrogens with zero attached hydrogens (tertiary/aromatic N) is 1. The monoisotopic (exact) mass is 256 g/mol. The van der Waals surface area contributed by atoms with Crippen molar-refractivity contribution in [3.05, 3.63) is 23.4 Å². The summed E-state index contributed by atoms with van der Waals surface area (Å²) in [5.74, 6) is -0.319. The number of carbonyl (C=O) groups is 2. The Morgan fingerprint density at radius 3 is 2.82 bits per heavy atom. The number of amides is 1. The third-order valence-corrected chi connectivity index (χ3v) is 2.05. The topological polar surface area (TPSA) is 68.3 Å². The number of hydrogen-bond acceptors (Lipinski definition) is 4. The van der Waals surface area contributed by atoms with E-state index in [0.29, 0.717) is 17.6 Å². The first-order valence-electron chi connectivity index (χ1n) is 5.20. The van der Waals surface area contributed by atoms with Crippen LogP contribution in [0.3, 0.4) is 0 Å². The molecule has 0 spiro atoms. The maximum absolute atomic E-state index is 11.4. The normalized spacial score (nSPS) is 9.76. The lowest BCUT2D eigenvalue weighted by molar-refractivity contribution is -0.144. The van der Waals surface area contributed by atoms with Crippen LogP contribution in [0.4, 0.5) is 5.82 Å². The first-order valence-corrected chi connectivity index (χ1v) is 5.57. The molecule has 0 saturated heterocycles. The number of halogens is 1. The van der Waals surface area contributed by atoms with Gasteiger partial charge in [0.05, 0.1) is 13.0 Å². The van der Waals surface area contributed by atoms with Crippen LogP contribution in [0, 0.1) is 0 Å². The average molecular weight is 257 g/mol. The molecule has 92 valence electrons. The standard InChI is InChI=1S/C11H13ClN2O3/c1-2-17-11(16)7-6-10(15)14-9-5-3-4-8(12)13-9/h3-5H,2,6-7H2,1H3,(H,13,14,15). The zero-order valence-electron chi connectivity index (χ0n) is 9.40. The summed E-state index contributed by atoms with van der Waals surface area (Å²) in [5.41, 5.74) is 0. The van der Waals surface area contributed by atoms with Crippen molar-refractivity contribution in [2.75, 3.05) is 11.9 Å². The number of aromatic nitrogens is 1. The summed E-state index contributed by atoms with van der Waals surface area (Å²) in [5, 5.41) is 2.84. The lowest BCUT2D eigenvalue weighted by Gasteiger charge is -2.04. The highest BCUT2D eigenvalue weighted by atomic mass is 35.5. The molecule has 0 saturated carbocycles. The van der Waals surface area contributed by atoms with Gasteiger partial charge >= 0.3 is 5.97 Å². The Morgan fingerprint density at radius 1 is 1.41 bits per heavy atom. The molecule has 5 nitrogen and oxygen atoms in total. The highest BCUT2D eigenvalue weighted by Gasteiger charge is 2.08. The molecule has 1 N–H and O–H groups in total. The molecule has 0 unspecified atom stereocenters. The van der Waals surface area contributed by atoms with Gasteiger partial charge < -0.3 is 10.1 Å². The van der Waals surface area contributed by atoms with Gasteiger partial charge in [0.2, 0.25) is 5.91 Å². The maximum Gasteiger partial charge on any atom is 0.306 e. The molecule has 6 heteroatoms. The van der Waals surface area contributed by atoms with E-state index in [9.17, 15) is 9.59 Å². The number of ether oxygens (including phenoxy) is 1. The van der Waals surface area contributed by atoms with E-state index in [-0.39, 0.29) is 24.7 Å². The van der Waals surface area contributed by atoms with E-state index >= 15 is 0 Å². The van der Waals surface area contributed by atoms with Gasteiger partial charge in [0.25, 0.3) is 0 Å². The van der Waals surface area contributed by atoms with Gasteiger partial charge in [-0.3, -0.25) is 9.59 Å². The van der Waals surface area contributed by atoms with Crippen molar-refractivity contribution in [3.8, 4) is 0 Å². The predicted octanol–water partition coefficient (Wildman–Crippen LogP) is 2.02. The van der Waals surface area contributed by atoms with Gasteiger partial charge in [-0.2, -0.15) is 0 Å². The van der Waals surface area contributed by atoms with E-state index in [0.717, 1.165) is 0 Å². The van der Waals surface area contributed by atoms with Crippen molar-refractivity contribution in [3.63, 3.8) is 0 Å². The summed E-state index contributed by atoms with van der Waals surface area (Å²) in [4.78, 5) is 26.3. The van der Waals surface area contributed by atoms with E-state index in [1.807, 2.05) is 0 Å². The van der Waals surface area contributed by atoms with Crippen LogP contribution in [0.2, 0.25) is 5.15 Å². The molecule has 1 aromatic heterocycles. The fourth-order valence-electron chi connectivity index (χ4n) is 1.13. The third-order valence-electron chi connectivity index (χ3n) is 1.84. The SMILES string of the molecule is CCOC(=O)CCC(=O)Nc1cccc(Cl)n1. The number of hydrogen-bond donors (Lipinski definition) is 1. The van der Waals surface area contributed by atoms with Gasteiger partial charge in [-0.25, -0.2) is 4.98 Å². The van der Waals surface area contributed by atoms with Crippen LogP contribution >= 0.6 is 11.6 Å². The smallest absolute Gasteiger partial charge is 0.306 e. The van der Waals surface area contributed by atoms with Crippen LogP contribution in [0.1, 0.15) is 19.8 Å². The highest BCUT2D eigenvalue weighted by molar-refractivity contribution is 6.29. The minimum absolute atomic E-state index is 0.0558. The second-order valence-electron chi connectivity index (χ2n) is 3.20. The summed E-state index contributed by atoms with van der Waals surface area (Å²) in [6, 6.07) is 4.90. The highest BCUT2D eigenvalue weighted by Crippen LogP contribution is 2.09. The number of anilines is 1.